The molecule has 0 aromatic heterocycles. The predicted molar refractivity (Wildman–Crippen MR) is 62.9 cm³/mol. The van der Waals surface area contributed by atoms with Crippen LogP contribution in [-0.4, -0.2) is 10.2 Å². The molecule has 0 fully saturated rings. The van der Waals surface area contributed by atoms with Crippen LogP contribution in [0.15, 0.2) is 46.9 Å². The monoisotopic (exact) mass is 264 g/mol. The van der Waals surface area contributed by atoms with Gasteiger partial charge in [-0.3, -0.25) is 0 Å². The van der Waals surface area contributed by atoms with Crippen LogP contribution in [-0.2, 0) is 0 Å². The SMILES string of the molecule is Oc1cccc(-c2cccc(O)c2Br)c1. The van der Waals surface area contributed by atoms with Gasteiger partial charge in [-0.1, -0.05) is 24.3 Å². The number of phenols is 2. The zero-order valence-corrected chi connectivity index (χ0v) is 9.40. The van der Waals surface area contributed by atoms with Gasteiger partial charge in [-0.05, 0) is 45.3 Å². The van der Waals surface area contributed by atoms with Crippen molar-refractivity contribution in [3.63, 3.8) is 0 Å². The normalized spacial score (nSPS) is 10.2. The summed E-state index contributed by atoms with van der Waals surface area (Å²) in [6.45, 7) is 0. The second-order valence-electron chi connectivity index (χ2n) is 3.19. The lowest BCUT2D eigenvalue weighted by molar-refractivity contribution is 0.471. The van der Waals surface area contributed by atoms with E-state index in [2.05, 4.69) is 15.9 Å². The molecule has 0 aliphatic rings. The molecule has 0 heterocycles. The topological polar surface area (TPSA) is 40.5 Å². The van der Waals surface area contributed by atoms with E-state index in [-0.39, 0.29) is 11.5 Å². The largest absolute Gasteiger partial charge is 0.508 e. The second kappa shape index (κ2) is 3.95. The van der Waals surface area contributed by atoms with Crippen LogP contribution in [0.5, 0.6) is 11.5 Å². The van der Waals surface area contributed by atoms with E-state index in [1.807, 2.05) is 12.1 Å². The van der Waals surface area contributed by atoms with E-state index in [4.69, 9.17) is 0 Å². The Morgan fingerprint density at radius 1 is 0.933 bits per heavy atom. The van der Waals surface area contributed by atoms with Gasteiger partial charge in [0, 0.05) is 0 Å². The summed E-state index contributed by atoms with van der Waals surface area (Å²) in [5, 5.41) is 18.9. The van der Waals surface area contributed by atoms with Gasteiger partial charge in [0.05, 0.1) is 4.47 Å². The highest BCUT2D eigenvalue weighted by Crippen LogP contribution is 2.35. The van der Waals surface area contributed by atoms with E-state index < -0.39 is 0 Å². The molecular formula is C12H9BrO2. The van der Waals surface area contributed by atoms with Gasteiger partial charge in [0.1, 0.15) is 11.5 Å². The molecule has 0 amide bonds. The molecule has 0 radical (unpaired) electrons. The first-order valence-corrected chi connectivity index (χ1v) is 5.24. The van der Waals surface area contributed by atoms with Crippen molar-refractivity contribution in [3.05, 3.63) is 46.9 Å². The third-order valence-electron chi connectivity index (χ3n) is 2.14. The van der Waals surface area contributed by atoms with Gasteiger partial charge in [-0.25, -0.2) is 0 Å². The van der Waals surface area contributed by atoms with Gasteiger partial charge in [-0.15, -0.1) is 0 Å². The molecule has 2 aromatic rings. The van der Waals surface area contributed by atoms with E-state index in [1.54, 1.807) is 30.3 Å². The second-order valence-corrected chi connectivity index (χ2v) is 3.98. The Morgan fingerprint density at radius 3 is 2.40 bits per heavy atom. The summed E-state index contributed by atoms with van der Waals surface area (Å²) in [6, 6.07) is 12.1. The van der Waals surface area contributed by atoms with Crippen LogP contribution in [0.4, 0.5) is 0 Å². The fourth-order valence-corrected chi connectivity index (χ4v) is 1.91. The standard InChI is InChI=1S/C12H9BrO2/c13-12-10(5-2-6-11(12)15)8-3-1-4-9(14)7-8/h1-7,14-15H. The van der Waals surface area contributed by atoms with Crippen molar-refractivity contribution in [3.8, 4) is 22.6 Å². The molecule has 0 spiro atoms. The Kier molecular flexibility index (Phi) is 2.64. The van der Waals surface area contributed by atoms with Gasteiger partial charge in [0.2, 0.25) is 0 Å². The molecule has 15 heavy (non-hydrogen) atoms. The highest BCUT2D eigenvalue weighted by Gasteiger charge is 2.06. The van der Waals surface area contributed by atoms with Crippen molar-refractivity contribution >= 4 is 15.9 Å². The average Bonchev–Trinajstić information content (AvgIpc) is 2.22. The number of hydrogen-bond donors (Lipinski definition) is 2. The van der Waals surface area contributed by atoms with E-state index in [9.17, 15) is 10.2 Å². The quantitative estimate of drug-likeness (QED) is 0.828. The van der Waals surface area contributed by atoms with Crippen LogP contribution >= 0.6 is 15.9 Å². The molecule has 76 valence electrons. The fraction of sp³-hybridized carbons (Fsp3) is 0. The number of phenolic OH excluding ortho intramolecular Hbond substituents is 2. The Balaban J connectivity index is 2.59. The minimum Gasteiger partial charge on any atom is -0.508 e. The Bertz CT molecular complexity index is 495. The molecule has 0 aliphatic carbocycles. The Hall–Kier alpha value is -1.48. The van der Waals surface area contributed by atoms with Crippen LogP contribution < -0.4 is 0 Å². The maximum atomic E-state index is 9.52. The maximum Gasteiger partial charge on any atom is 0.130 e. The zero-order valence-electron chi connectivity index (χ0n) is 7.81. The zero-order chi connectivity index (χ0) is 10.8. The van der Waals surface area contributed by atoms with Crippen LogP contribution in [0, 0.1) is 0 Å². The van der Waals surface area contributed by atoms with Gasteiger partial charge >= 0.3 is 0 Å². The molecule has 2 aromatic carbocycles. The molecular weight excluding hydrogens is 256 g/mol. The summed E-state index contributed by atoms with van der Waals surface area (Å²) in [4.78, 5) is 0. The maximum absolute atomic E-state index is 9.52. The fourth-order valence-electron chi connectivity index (χ4n) is 1.42. The number of hydrogen-bond acceptors (Lipinski definition) is 2. The smallest absolute Gasteiger partial charge is 0.130 e. The molecule has 0 aliphatic heterocycles. The Morgan fingerprint density at radius 2 is 1.67 bits per heavy atom. The van der Waals surface area contributed by atoms with E-state index in [1.165, 1.54) is 0 Å². The van der Waals surface area contributed by atoms with Crippen molar-refractivity contribution in [2.24, 2.45) is 0 Å². The van der Waals surface area contributed by atoms with Crippen LogP contribution in [0.25, 0.3) is 11.1 Å². The summed E-state index contributed by atoms with van der Waals surface area (Å²) >= 11 is 3.31. The molecule has 0 bridgehead atoms. The highest BCUT2D eigenvalue weighted by molar-refractivity contribution is 9.10. The van der Waals surface area contributed by atoms with Crippen LogP contribution in [0.1, 0.15) is 0 Å². The number of aromatic hydroxyl groups is 2. The molecule has 0 saturated carbocycles. The first kappa shape index (κ1) is 10.1. The minimum atomic E-state index is 0.191. The number of rotatable bonds is 1. The van der Waals surface area contributed by atoms with Gasteiger partial charge in [0.25, 0.3) is 0 Å². The highest BCUT2D eigenvalue weighted by atomic mass is 79.9. The van der Waals surface area contributed by atoms with Gasteiger partial charge in [-0.2, -0.15) is 0 Å². The molecule has 0 saturated heterocycles. The molecule has 0 atom stereocenters. The molecule has 2 rings (SSSR count). The molecule has 2 N–H and O–H groups in total. The molecule has 3 heteroatoms. The summed E-state index contributed by atoms with van der Waals surface area (Å²) in [6.07, 6.45) is 0. The van der Waals surface area contributed by atoms with E-state index >= 15 is 0 Å². The number of benzene rings is 2. The average molecular weight is 265 g/mol. The first-order chi connectivity index (χ1) is 7.18. The summed E-state index contributed by atoms with van der Waals surface area (Å²) in [7, 11) is 0. The third kappa shape index (κ3) is 1.97. The number of halogens is 1. The molecule has 2 nitrogen and oxygen atoms in total. The van der Waals surface area contributed by atoms with E-state index in [0.717, 1.165) is 11.1 Å². The summed E-state index contributed by atoms with van der Waals surface area (Å²) in [5.74, 6) is 0.401. The van der Waals surface area contributed by atoms with Crippen molar-refractivity contribution in [1.82, 2.24) is 0 Å². The first-order valence-electron chi connectivity index (χ1n) is 4.45. The molecule has 0 unspecified atom stereocenters. The van der Waals surface area contributed by atoms with Crippen molar-refractivity contribution in [2.45, 2.75) is 0 Å². The van der Waals surface area contributed by atoms with Crippen LogP contribution in [0.2, 0.25) is 0 Å². The summed E-state index contributed by atoms with van der Waals surface area (Å²) < 4.78 is 0.635. The van der Waals surface area contributed by atoms with Crippen molar-refractivity contribution in [2.75, 3.05) is 0 Å². The Labute approximate surface area is 95.9 Å². The lowest BCUT2D eigenvalue weighted by atomic mass is 10.1. The van der Waals surface area contributed by atoms with Crippen molar-refractivity contribution in [1.29, 1.82) is 0 Å². The van der Waals surface area contributed by atoms with Crippen LogP contribution in [0.3, 0.4) is 0 Å². The van der Waals surface area contributed by atoms with Gasteiger partial charge < -0.3 is 10.2 Å². The summed E-state index contributed by atoms with van der Waals surface area (Å²) in [5.41, 5.74) is 1.71. The minimum absolute atomic E-state index is 0.191. The lowest BCUT2D eigenvalue weighted by Crippen LogP contribution is -1.80. The lowest BCUT2D eigenvalue weighted by Gasteiger charge is -2.06. The van der Waals surface area contributed by atoms with E-state index in [0.29, 0.717) is 4.47 Å². The third-order valence-corrected chi connectivity index (χ3v) is 2.97. The van der Waals surface area contributed by atoms with Gasteiger partial charge in [0.15, 0.2) is 0 Å². The van der Waals surface area contributed by atoms with Crippen molar-refractivity contribution < 1.29 is 10.2 Å². The predicted octanol–water partition coefficient (Wildman–Crippen LogP) is 3.53.